The Balaban J connectivity index is 0.00000169. The molecule has 8 heteroatoms. The molecule has 1 aromatic carbocycles. The Morgan fingerprint density at radius 2 is 1.73 bits per heavy atom. The van der Waals surface area contributed by atoms with E-state index < -0.39 is 0 Å². The molecule has 1 aromatic rings. The fourth-order valence-corrected chi connectivity index (χ4v) is 3.17. The van der Waals surface area contributed by atoms with Crippen molar-refractivity contribution >= 4 is 42.3 Å². The number of nitrogens with one attached hydrogen (secondary N) is 2. The largest absolute Gasteiger partial charge is 0.368 e. The van der Waals surface area contributed by atoms with E-state index in [9.17, 15) is 9.59 Å². The van der Waals surface area contributed by atoms with Crippen LogP contribution >= 0.6 is 24.8 Å². The number of hydrogen-bond donors (Lipinski definition) is 2. The van der Waals surface area contributed by atoms with E-state index >= 15 is 0 Å². The van der Waals surface area contributed by atoms with Gasteiger partial charge in [0.15, 0.2) is 0 Å². The molecule has 2 fully saturated rings. The van der Waals surface area contributed by atoms with Gasteiger partial charge in [0.05, 0.1) is 6.54 Å². The first-order valence-corrected chi connectivity index (χ1v) is 8.71. The number of carbonyl (C=O) groups excluding carboxylic acids is 2. The third kappa shape index (κ3) is 5.50. The molecule has 3 rings (SSSR count). The molecule has 2 aliphatic rings. The Morgan fingerprint density at radius 1 is 1.12 bits per heavy atom. The average Bonchev–Trinajstić information content (AvgIpc) is 2.58. The summed E-state index contributed by atoms with van der Waals surface area (Å²) >= 11 is 0. The van der Waals surface area contributed by atoms with Gasteiger partial charge in [-0.2, -0.15) is 0 Å². The zero-order chi connectivity index (χ0) is 16.9. The lowest BCUT2D eigenvalue weighted by Crippen LogP contribution is -2.53. The minimum atomic E-state index is -0.0334. The van der Waals surface area contributed by atoms with Crippen LogP contribution in [0.5, 0.6) is 0 Å². The Labute approximate surface area is 167 Å². The highest BCUT2D eigenvalue weighted by atomic mass is 35.5. The summed E-state index contributed by atoms with van der Waals surface area (Å²) in [6.45, 7) is 6.88. The van der Waals surface area contributed by atoms with Crippen molar-refractivity contribution in [3.05, 3.63) is 30.3 Å². The van der Waals surface area contributed by atoms with Crippen molar-refractivity contribution < 1.29 is 9.59 Å². The average molecular weight is 403 g/mol. The normalized spacial score (nSPS) is 18.0. The van der Waals surface area contributed by atoms with Gasteiger partial charge in [-0.1, -0.05) is 25.1 Å². The minimum Gasteiger partial charge on any atom is -0.368 e. The molecule has 2 amide bonds. The van der Waals surface area contributed by atoms with E-state index in [-0.39, 0.29) is 49.1 Å². The molecule has 2 saturated heterocycles. The van der Waals surface area contributed by atoms with Crippen LogP contribution in [0.1, 0.15) is 6.92 Å². The molecule has 1 atom stereocenters. The molecule has 2 aliphatic heterocycles. The number of halogens is 2. The second kappa shape index (κ2) is 10.6. The smallest absolute Gasteiger partial charge is 0.242 e. The van der Waals surface area contributed by atoms with Gasteiger partial charge in [-0.3, -0.25) is 9.59 Å². The zero-order valence-corrected chi connectivity index (χ0v) is 16.7. The fourth-order valence-electron chi connectivity index (χ4n) is 3.17. The van der Waals surface area contributed by atoms with Crippen LogP contribution in [0.4, 0.5) is 5.69 Å². The summed E-state index contributed by atoms with van der Waals surface area (Å²) in [6, 6.07) is 10.2. The highest BCUT2D eigenvalue weighted by Gasteiger charge is 2.29. The summed E-state index contributed by atoms with van der Waals surface area (Å²) < 4.78 is 0. The minimum absolute atomic E-state index is 0. The molecule has 0 saturated carbocycles. The Kier molecular flexibility index (Phi) is 9.19. The highest BCUT2D eigenvalue weighted by molar-refractivity contribution is 5.86. The molecule has 0 aliphatic carbocycles. The molecule has 0 radical (unpaired) electrons. The molecule has 0 bridgehead atoms. The SMILES string of the molecule is CC(C(=O)NCC(=O)N1CCN(c2ccccc2)CC1)C1CNC1.Cl.Cl. The van der Waals surface area contributed by atoms with Crippen LogP contribution in [0.15, 0.2) is 30.3 Å². The summed E-state index contributed by atoms with van der Waals surface area (Å²) in [5.74, 6) is 0.358. The molecular formula is C18H28Cl2N4O2. The van der Waals surface area contributed by atoms with Crippen LogP contribution < -0.4 is 15.5 Å². The third-order valence-corrected chi connectivity index (χ3v) is 5.10. The van der Waals surface area contributed by atoms with Crippen LogP contribution in [0.3, 0.4) is 0 Å². The number of carbonyl (C=O) groups is 2. The van der Waals surface area contributed by atoms with Gasteiger partial charge in [0.25, 0.3) is 0 Å². The zero-order valence-electron chi connectivity index (χ0n) is 15.0. The van der Waals surface area contributed by atoms with Gasteiger partial charge in [-0.25, -0.2) is 0 Å². The summed E-state index contributed by atoms with van der Waals surface area (Å²) in [5.41, 5.74) is 1.20. The number of piperazine rings is 1. The highest BCUT2D eigenvalue weighted by Crippen LogP contribution is 2.16. The number of amides is 2. The van der Waals surface area contributed by atoms with E-state index in [1.54, 1.807) is 0 Å². The van der Waals surface area contributed by atoms with Crippen LogP contribution in [-0.4, -0.2) is 62.5 Å². The molecule has 1 unspecified atom stereocenters. The molecule has 2 heterocycles. The molecule has 26 heavy (non-hydrogen) atoms. The van der Waals surface area contributed by atoms with Gasteiger partial charge in [-0.05, 0) is 31.1 Å². The lowest BCUT2D eigenvalue weighted by atomic mass is 9.88. The second-order valence-electron chi connectivity index (χ2n) is 6.63. The molecular weight excluding hydrogens is 375 g/mol. The van der Waals surface area contributed by atoms with Gasteiger partial charge >= 0.3 is 0 Å². The second-order valence-corrected chi connectivity index (χ2v) is 6.63. The summed E-state index contributed by atoms with van der Waals surface area (Å²) in [5, 5.41) is 5.97. The Bertz CT molecular complexity index is 576. The number of hydrogen-bond acceptors (Lipinski definition) is 4. The number of para-hydroxylation sites is 1. The summed E-state index contributed by atoms with van der Waals surface area (Å²) in [4.78, 5) is 28.5. The topological polar surface area (TPSA) is 64.7 Å². The number of rotatable bonds is 5. The quantitative estimate of drug-likeness (QED) is 0.775. The van der Waals surface area contributed by atoms with Crippen LogP contribution in [0, 0.1) is 11.8 Å². The van der Waals surface area contributed by atoms with Crippen molar-refractivity contribution in [1.29, 1.82) is 0 Å². The maximum atomic E-state index is 12.3. The Morgan fingerprint density at radius 3 is 2.27 bits per heavy atom. The fraction of sp³-hybridized carbons (Fsp3) is 0.556. The molecule has 6 nitrogen and oxygen atoms in total. The Hall–Kier alpha value is -1.50. The van der Waals surface area contributed by atoms with Crippen molar-refractivity contribution in [2.75, 3.05) is 50.7 Å². The molecule has 2 N–H and O–H groups in total. The summed E-state index contributed by atoms with van der Waals surface area (Å²) in [7, 11) is 0. The maximum Gasteiger partial charge on any atom is 0.242 e. The predicted molar refractivity (Wildman–Crippen MR) is 108 cm³/mol. The van der Waals surface area contributed by atoms with Crippen LogP contribution in [-0.2, 0) is 9.59 Å². The van der Waals surface area contributed by atoms with Crippen LogP contribution in [0.25, 0.3) is 0 Å². The van der Waals surface area contributed by atoms with E-state index in [0.29, 0.717) is 19.0 Å². The molecule has 146 valence electrons. The van der Waals surface area contributed by atoms with Crippen molar-refractivity contribution in [1.82, 2.24) is 15.5 Å². The predicted octanol–water partition coefficient (Wildman–Crippen LogP) is 1.15. The lowest BCUT2D eigenvalue weighted by Gasteiger charge is -2.36. The van der Waals surface area contributed by atoms with Gasteiger partial charge in [0.2, 0.25) is 11.8 Å². The lowest BCUT2D eigenvalue weighted by molar-refractivity contribution is -0.134. The van der Waals surface area contributed by atoms with Gasteiger partial charge in [-0.15, -0.1) is 24.8 Å². The van der Waals surface area contributed by atoms with Crippen LogP contribution in [0.2, 0.25) is 0 Å². The van der Waals surface area contributed by atoms with Gasteiger partial charge in [0.1, 0.15) is 0 Å². The van der Waals surface area contributed by atoms with Crippen molar-refractivity contribution in [3.63, 3.8) is 0 Å². The van der Waals surface area contributed by atoms with Crippen molar-refractivity contribution in [2.45, 2.75) is 6.92 Å². The maximum absolute atomic E-state index is 12.3. The first-order chi connectivity index (χ1) is 11.6. The van der Waals surface area contributed by atoms with Crippen molar-refractivity contribution in [3.8, 4) is 0 Å². The molecule has 0 aromatic heterocycles. The van der Waals surface area contributed by atoms with E-state index in [0.717, 1.165) is 26.2 Å². The van der Waals surface area contributed by atoms with Crippen molar-refractivity contribution in [2.24, 2.45) is 11.8 Å². The van der Waals surface area contributed by atoms with Gasteiger partial charge in [0, 0.05) is 37.8 Å². The summed E-state index contributed by atoms with van der Waals surface area (Å²) in [6.07, 6.45) is 0. The third-order valence-electron chi connectivity index (χ3n) is 5.10. The first kappa shape index (κ1) is 22.5. The van der Waals surface area contributed by atoms with E-state index in [1.807, 2.05) is 30.0 Å². The monoisotopic (exact) mass is 402 g/mol. The first-order valence-electron chi connectivity index (χ1n) is 8.71. The number of nitrogens with zero attached hydrogens (tertiary/aromatic N) is 2. The van der Waals surface area contributed by atoms with E-state index in [2.05, 4.69) is 27.7 Å². The van der Waals surface area contributed by atoms with E-state index in [4.69, 9.17) is 0 Å². The van der Waals surface area contributed by atoms with E-state index in [1.165, 1.54) is 5.69 Å². The number of anilines is 1. The molecule has 0 spiro atoms. The standard InChI is InChI=1S/C18H26N4O2.2ClH/c1-14(15-11-19-12-15)18(24)20-13-17(23)22-9-7-21(8-10-22)16-5-3-2-4-6-16;;/h2-6,14-15,19H,7-13H2,1H3,(H,20,24);2*1H. The van der Waals surface area contributed by atoms with Gasteiger partial charge < -0.3 is 20.4 Å². The number of benzene rings is 1.